The Hall–Kier alpha value is -1.43. The largest absolute Gasteiger partial charge is 0.379 e. The second-order valence-electron chi connectivity index (χ2n) is 5.68. The van der Waals surface area contributed by atoms with Crippen LogP contribution in [0.3, 0.4) is 0 Å². The second-order valence-corrected chi connectivity index (χ2v) is 5.68. The average molecular weight is 306 g/mol. The van der Waals surface area contributed by atoms with Crippen LogP contribution in [0.2, 0.25) is 0 Å². The molecule has 22 heavy (non-hydrogen) atoms. The smallest absolute Gasteiger partial charge is 0.248 e. The Bertz CT molecular complexity index is 446. The first-order valence-electron chi connectivity index (χ1n) is 7.92. The lowest BCUT2D eigenvalue weighted by Gasteiger charge is -2.32. The number of hydrogen-bond donors (Lipinski definition) is 1. The SMILES string of the molecule is C[C@@H](OCc1ccccc1)C(=O)NC[C@H](C)N1CCOCC1. The molecule has 0 spiro atoms. The molecule has 1 aliphatic rings. The maximum Gasteiger partial charge on any atom is 0.248 e. The monoisotopic (exact) mass is 306 g/mol. The van der Waals surface area contributed by atoms with Crippen molar-refractivity contribution in [2.75, 3.05) is 32.8 Å². The Kier molecular flexibility index (Phi) is 6.83. The molecule has 0 bridgehead atoms. The van der Waals surface area contributed by atoms with Gasteiger partial charge in [-0.2, -0.15) is 0 Å². The van der Waals surface area contributed by atoms with Crippen molar-refractivity contribution in [2.45, 2.75) is 32.6 Å². The third kappa shape index (κ3) is 5.40. The summed E-state index contributed by atoms with van der Waals surface area (Å²) in [6, 6.07) is 10.2. The molecular formula is C17H26N2O3. The van der Waals surface area contributed by atoms with E-state index in [-0.39, 0.29) is 5.91 Å². The highest BCUT2D eigenvalue weighted by Gasteiger charge is 2.19. The average Bonchev–Trinajstić information content (AvgIpc) is 2.58. The van der Waals surface area contributed by atoms with Crippen molar-refractivity contribution < 1.29 is 14.3 Å². The van der Waals surface area contributed by atoms with E-state index in [4.69, 9.17) is 9.47 Å². The lowest BCUT2D eigenvalue weighted by molar-refractivity contribution is -0.132. The zero-order valence-corrected chi connectivity index (χ0v) is 13.5. The number of carbonyl (C=O) groups excluding carboxylic acids is 1. The van der Waals surface area contributed by atoms with Crippen LogP contribution in [0.5, 0.6) is 0 Å². The van der Waals surface area contributed by atoms with Crippen LogP contribution in [0.15, 0.2) is 30.3 Å². The molecule has 2 rings (SSSR count). The zero-order valence-electron chi connectivity index (χ0n) is 13.5. The zero-order chi connectivity index (χ0) is 15.8. The van der Waals surface area contributed by atoms with Gasteiger partial charge in [0.2, 0.25) is 5.91 Å². The van der Waals surface area contributed by atoms with Crippen LogP contribution < -0.4 is 5.32 Å². The first kappa shape index (κ1) is 16.9. The summed E-state index contributed by atoms with van der Waals surface area (Å²) in [4.78, 5) is 14.4. The summed E-state index contributed by atoms with van der Waals surface area (Å²) in [7, 11) is 0. The van der Waals surface area contributed by atoms with Crippen molar-refractivity contribution in [3.8, 4) is 0 Å². The van der Waals surface area contributed by atoms with Crippen LogP contribution in [-0.4, -0.2) is 55.8 Å². The number of ether oxygens (including phenoxy) is 2. The van der Waals surface area contributed by atoms with E-state index in [9.17, 15) is 4.79 Å². The molecule has 1 aliphatic heterocycles. The Morgan fingerprint density at radius 1 is 1.27 bits per heavy atom. The third-order valence-electron chi connectivity index (χ3n) is 3.95. The van der Waals surface area contributed by atoms with Gasteiger partial charge in [-0.25, -0.2) is 0 Å². The Labute approximate surface area is 132 Å². The molecule has 122 valence electrons. The van der Waals surface area contributed by atoms with Crippen LogP contribution in [0.1, 0.15) is 19.4 Å². The fourth-order valence-electron chi connectivity index (χ4n) is 2.41. The van der Waals surface area contributed by atoms with Crippen LogP contribution in [0, 0.1) is 0 Å². The van der Waals surface area contributed by atoms with E-state index in [0.29, 0.717) is 19.2 Å². The van der Waals surface area contributed by atoms with E-state index in [1.54, 1.807) is 6.92 Å². The number of morpholine rings is 1. The molecule has 1 aromatic rings. The van der Waals surface area contributed by atoms with Gasteiger partial charge in [0, 0.05) is 25.7 Å². The standard InChI is InChI=1S/C17H26N2O3/c1-14(19-8-10-21-11-9-19)12-18-17(20)15(2)22-13-16-6-4-3-5-7-16/h3-7,14-15H,8-13H2,1-2H3,(H,18,20)/t14-,15+/m0/s1. The molecule has 0 saturated carbocycles. The van der Waals surface area contributed by atoms with Gasteiger partial charge < -0.3 is 14.8 Å². The first-order valence-corrected chi connectivity index (χ1v) is 7.92. The van der Waals surface area contributed by atoms with E-state index < -0.39 is 6.10 Å². The maximum atomic E-state index is 12.1. The van der Waals surface area contributed by atoms with Crippen molar-refractivity contribution in [1.82, 2.24) is 10.2 Å². The van der Waals surface area contributed by atoms with E-state index in [1.807, 2.05) is 30.3 Å². The van der Waals surface area contributed by atoms with Gasteiger partial charge in [-0.05, 0) is 19.4 Å². The molecule has 0 aromatic heterocycles. The van der Waals surface area contributed by atoms with Gasteiger partial charge in [0.05, 0.1) is 19.8 Å². The molecule has 2 atom stereocenters. The van der Waals surface area contributed by atoms with Crippen LogP contribution >= 0.6 is 0 Å². The number of nitrogens with one attached hydrogen (secondary N) is 1. The Morgan fingerprint density at radius 2 is 1.95 bits per heavy atom. The first-order chi connectivity index (χ1) is 10.7. The second kappa shape index (κ2) is 8.88. The van der Waals surface area contributed by atoms with Crippen molar-refractivity contribution in [3.05, 3.63) is 35.9 Å². The number of hydrogen-bond acceptors (Lipinski definition) is 4. The number of amides is 1. The summed E-state index contributed by atoms with van der Waals surface area (Å²) in [5.41, 5.74) is 1.07. The minimum atomic E-state index is -0.447. The molecule has 1 N–H and O–H groups in total. The normalized spacial score (nSPS) is 18.6. The van der Waals surface area contributed by atoms with Gasteiger partial charge in [0.15, 0.2) is 0 Å². The predicted molar refractivity (Wildman–Crippen MR) is 85.6 cm³/mol. The van der Waals surface area contributed by atoms with Crippen LogP contribution in [0.4, 0.5) is 0 Å². The molecule has 5 heteroatoms. The summed E-state index contributed by atoms with van der Waals surface area (Å²) in [6.45, 7) is 8.41. The lowest BCUT2D eigenvalue weighted by Crippen LogP contribution is -2.48. The molecule has 1 fully saturated rings. The lowest BCUT2D eigenvalue weighted by atomic mass is 10.2. The molecule has 0 unspecified atom stereocenters. The molecular weight excluding hydrogens is 280 g/mol. The van der Waals surface area contributed by atoms with Gasteiger partial charge in [-0.3, -0.25) is 9.69 Å². The van der Waals surface area contributed by atoms with E-state index in [1.165, 1.54) is 0 Å². The van der Waals surface area contributed by atoms with Crippen molar-refractivity contribution in [3.63, 3.8) is 0 Å². The van der Waals surface area contributed by atoms with Crippen LogP contribution in [-0.2, 0) is 20.9 Å². The predicted octanol–water partition coefficient (Wildman–Crippen LogP) is 1.43. The van der Waals surface area contributed by atoms with E-state index in [0.717, 1.165) is 31.9 Å². The summed E-state index contributed by atoms with van der Waals surface area (Å²) in [5, 5.41) is 2.97. The summed E-state index contributed by atoms with van der Waals surface area (Å²) in [6.07, 6.45) is -0.447. The van der Waals surface area contributed by atoms with Crippen molar-refractivity contribution in [2.24, 2.45) is 0 Å². The molecule has 1 heterocycles. The fourth-order valence-corrected chi connectivity index (χ4v) is 2.41. The van der Waals surface area contributed by atoms with Gasteiger partial charge in [0.1, 0.15) is 6.10 Å². The molecule has 1 amide bonds. The topological polar surface area (TPSA) is 50.8 Å². The summed E-state index contributed by atoms with van der Waals surface area (Å²) < 4.78 is 11.0. The van der Waals surface area contributed by atoms with Crippen molar-refractivity contribution in [1.29, 1.82) is 0 Å². The number of rotatable bonds is 7. The number of benzene rings is 1. The molecule has 0 radical (unpaired) electrons. The molecule has 0 aliphatic carbocycles. The van der Waals surface area contributed by atoms with Gasteiger partial charge in [-0.15, -0.1) is 0 Å². The Morgan fingerprint density at radius 3 is 2.64 bits per heavy atom. The molecule has 5 nitrogen and oxygen atoms in total. The fraction of sp³-hybridized carbons (Fsp3) is 0.588. The van der Waals surface area contributed by atoms with Gasteiger partial charge in [-0.1, -0.05) is 30.3 Å². The highest BCUT2D eigenvalue weighted by Crippen LogP contribution is 2.05. The van der Waals surface area contributed by atoms with E-state index >= 15 is 0 Å². The minimum Gasteiger partial charge on any atom is -0.379 e. The number of carbonyl (C=O) groups is 1. The van der Waals surface area contributed by atoms with Crippen molar-refractivity contribution >= 4 is 5.91 Å². The number of nitrogens with zero attached hydrogens (tertiary/aromatic N) is 1. The summed E-state index contributed by atoms with van der Waals surface area (Å²) in [5.74, 6) is -0.0592. The highest BCUT2D eigenvalue weighted by molar-refractivity contribution is 5.80. The highest BCUT2D eigenvalue weighted by atomic mass is 16.5. The Balaban J connectivity index is 1.67. The maximum absolute atomic E-state index is 12.1. The third-order valence-corrected chi connectivity index (χ3v) is 3.95. The molecule has 1 aromatic carbocycles. The van der Waals surface area contributed by atoms with Crippen LogP contribution in [0.25, 0.3) is 0 Å². The van der Waals surface area contributed by atoms with E-state index in [2.05, 4.69) is 17.1 Å². The molecule has 1 saturated heterocycles. The van der Waals surface area contributed by atoms with Gasteiger partial charge in [0.25, 0.3) is 0 Å². The van der Waals surface area contributed by atoms with Gasteiger partial charge >= 0.3 is 0 Å². The minimum absolute atomic E-state index is 0.0592. The quantitative estimate of drug-likeness (QED) is 0.828. The summed E-state index contributed by atoms with van der Waals surface area (Å²) >= 11 is 0.